The largest absolute Gasteiger partial charge is 0.481 e. The average Bonchev–Trinajstić information content (AvgIpc) is 2.92. The maximum atomic E-state index is 11.6. The summed E-state index contributed by atoms with van der Waals surface area (Å²) in [7, 11) is 1.70. The summed E-state index contributed by atoms with van der Waals surface area (Å²) in [6.07, 6.45) is 7.38. The van der Waals surface area contributed by atoms with Crippen LogP contribution in [0.4, 0.5) is 0 Å². The van der Waals surface area contributed by atoms with Crippen molar-refractivity contribution in [3.8, 4) is 0 Å². The van der Waals surface area contributed by atoms with E-state index in [4.69, 9.17) is 9.26 Å². The van der Waals surface area contributed by atoms with Crippen molar-refractivity contribution in [1.29, 1.82) is 0 Å². The van der Waals surface area contributed by atoms with Gasteiger partial charge in [0.25, 0.3) is 0 Å². The number of aryl methyl sites for hydroxylation is 1. The van der Waals surface area contributed by atoms with Gasteiger partial charge in [-0.25, -0.2) is 0 Å². The second-order valence-corrected chi connectivity index (χ2v) is 7.45. The van der Waals surface area contributed by atoms with Gasteiger partial charge >= 0.3 is 5.97 Å². The molecule has 6 heteroatoms. The van der Waals surface area contributed by atoms with E-state index in [1.54, 1.807) is 7.11 Å². The van der Waals surface area contributed by atoms with Gasteiger partial charge in [0.15, 0.2) is 5.82 Å². The lowest BCUT2D eigenvalue weighted by atomic mass is 9.60. The molecular weight excluding hydrogens is 296 g/mol. The number of carbonyl (C=O) groups is 1. The topological polar surface area (TPSA) is 85.5 Å². The number of carboxylic acids is 1. The molecule has 0 spiro atoms. The third-order valence-corrected chi connectivity index (χ3v) is 5.91. The quantitative estimate of drug-likeness (QED) is 0.866. The van der Waals surface area contributed by atoms with Crippen LogP contribution in [0.1, 0.15) is 63.1 Å². The van der Waals surface area contributed by atoms with Crippen molar-refractivity contribution in [1.82, 2.24) is 10.1 Å². The summed E-state index contributed by atoms with van der Waals surface area (Å²) in [5.41, 5.74) is -0.657. The van der Waals surface area contributed by atoms with Crippen LogP contribution in [0.15, 0.2) is 4.52 Å². The van der Waals surface area contributed by atoms with Crippen molar-refractivity contribution >= 4 is 5.97 Å². The zero-order valence-corrected chi connectivity index (χ0v) is 14.0. The Morgan fingerprint density at radius 1 is 1.35 bits per heavy atom. The molecule has 0 aliphatic heterocycles. The van der Waals surface area contributed by atoms with Gasteiger partial charge in [0.2, 0.25) is 5.89 Å². The van der Waals surface area contributed by atoms with Crippen molar-refractivity contribution < 1.29 is 19.2 Å². The molecule has 23 heavy (non-hydrogen) atoms. The zero-order valence-electron chi connectivity index (χ0n) is 14.0. The van der Waals surface area contributed by atoms with Crippen LogP contribution in [-0.4, -0.2) is 34.9 Å². The van der Waals surface area contributed by atoms with Crippen molar-refractivity contribution in [2.75, 3.05) is 13.7 Å². The van der Waals surface area contributed by atoms with E-state index in [0.29, 0.717) is 24.2 Å². The Hall–Kier alpha value is -1.43. The predicted molar refractivity (Wildman–Crippen MR) is 83.1 cm³/mol. The minimum Gasteiger partial charge on any atom is -0.481 e. The summed E-state index contributed by atoms with van der Waals surface area (Å²) < 4.78 is 10.9. The van der Waals surface area contributed by atoms with Crippen molar-refractivity contribution in [2.45, 2.75) is 63.7 Å². The van der Waals surface area contributed by atoms with Crippen LogP contribution >= 0.6 is 0 Å². The van der Waals surface area contributed by atoms with Crippen LogP contribution < -0.4 is 0 Å². The van der Waals surface area contributed by atoms with Gasteiger partial charge in [-0.05, 0) is 57.8 Å². The molecule has 1 aromatic heterocycles. The highest BCUT2D eigenvalue weighted by Crippen LogP contribution is 2.50. The highest BCUT2D eigenvalue weighted by atomic mass is 16.5. The normalized spacial score (nSPS) is 29.9. The van der Waals surface area contributed by atoms with E-state index in [9.17, 15) is 9.90 Å². The summed E-state index contributed by atoms with van der Waals surface area (Å²) >= 11 is 0. The van der Waals surface area contributed by atoms with Gasteiger partial charge in [-0.1, -0.05) is 11.6 Å². The molecule has 0 radical (unpaired) electrons. The van der Waals surface area contributed by atoms with Gasteiger partial charge in [0.1, 0.15) is 0 Å². The number of methoxy groups -OCH3 is 1. The molecule has 1 N–H and O–H groups in total. The molecule has 0 aromatic carbocycles. The number of nitrogens with zero attached hydrogens (tertiary/aromatic N) is 2. The Morgan fingerprint density at radius 2 is 2.04 bits per heavy atom. The predicted octanol–water partition coefficient (Wildman–Crippen LogP) is 3.10. The maximum absolute atomic E-state index is 11.6. The molecule has 128 valence electrons. The van der Waals surface area contributed by atoms with Crippen molar-refractivity contribution in [3.05, 3.63) is 11.7 Å². The fraction of sp³-hybridized carbons (Fsp3) is 0.824. The number of hydrogen-bond donors (Lipinski definition) is 1. The first-order chi connectivity index (χ1) is 11.0. The molecule has 2 fully saturated rings. The first-order valence-electron chi connectivity index (χ1n) is 8.53. The number of rotatable bonds is 6. The molecule has 2 aliphatic rings. The van der Waals surface area contributed by atoms with E-state index in [2.05, 4.69) is 10.1 Å². The van der Waals surface area contributed by atoms with Crippen LogP contribution in [0.3, 0.4) is 0 Å². The van der Waals surface area contributed by atoms with E-state index in [1.807, 2.05) is 6.92 Å². The third kappa shape index (κ3) is 3.01. The lowest BCUT2D eigenvalue weighted by molar-refractivity contribution is -0.156. The SMILES string of the molecule is COCC1(c2nc(C)no2)CCC(CC2(C(=O)O)CCC2)CC1. The molecule has 6 nitrogen and oxygen atoms in total. The van der Waals surface area contributed by atoms with Gasteiger partial charge in [0.05, 0.1) is 17.4 Å². The molecular formula is C17H26N2O4. The highest BCUT2D eigenvalue weighted by molar-refractivity contribution is 5.75. The first-order valence-corrected chi connectivity index (χ1v) is 8.53. The van der Waals surface area contributed by atoms with Gasteiger partial charge in [-0.2, -0.15) is 4.98 Å². The van der Waals surface area contributed by atoms with E-state index >= 15 is 0 Å². The maximum Gasteiger partial charge on any atom is 0.309 e. The Balaban J connectivity index is 1.67. The van der Waals surface area contributed by atoms with E-state index in [1.165, 1.54) is 0 Å². The summed E-state index contributed by atoms with van der Waals surface area (Å²) in [4.78, 5) is 16.0. The fourth-order valence-corrected chi connectivity index (χ4v) is 4.30. The first kappa shape index (κ1) is 16.4. The molecule has 0 bridgehead atoms. The lowest BCUT2D eigenvalue weighted by Gasteiger charge is -2.43. The van der Waals surface area contributed by atoms with Crippen molar-refractivity contribution in [3.63, 3.8) is 0 Å². The van der Waals surface area contributed by atoms with Gasteiger partial charge in [-0.15, -0.1) is 0 Å². The fourth-order valence-electron chi connectivity index (χ4n) is 4.30. The Kier molecular flexibility index (Phi) is 4.45. The van der Waals surface area contributed by atoms with Crippen LogP contribution in [0, 0.1) is 18.3 Å². The lowest BCUT2D eigenvalue weighted by Crippen LogP contribution is -2.42. The Labute approximate surface area is 136 Å². The highest BCUT2D eigenvalue weighted by Gasteiger charge is 2.48. The standard InChI is InChI=1S/C17H26N2O4/c1-12-18-14(23-19-12)17(11-22-2)8-4-13(5-9-17)10-16(15(20)21)6-3-7-16/h13H,3-11H2,1-2H3,(H,20,21). The second kappa shape index (κ2) is 6.23. The molecule has 1 heterocycles. The summed E-state index contributed by atoms with van der Waals surface area (Å²) in [5.74, 6) is 1.19. The number of aliphatic carboxylic acids is 1. The van der Waals surface area contributed by atoms with Crippen molar-refractivity contribution in [2.24, 2.45) is 11.3 Å². The number of hydrogen-bond acceptors (Lipinski definition) is 5. The molecule has 2 aliphatic carbocycles. The van der Waals surface area contributed by atoms with Crippen LogP contribution in [0.5, 0.6) is 0 Å². The van der Waals surface area contributed by atoms with Gasteiger partial charge in [0, 0.05) is 7.11 Å². The van der Waals surface area contributed by atoms with E-state index in [0.717, 1.165) is 51.4 Å². The summed E-state index contributed by atoms with van der Waals surface area (Å²) in [6.45, 7) is 2.40. The monoisotopic (exact) mass is 322 g/mol. The number of ether oxygens (including phenoxy) is 1. The van der Waals surface area contributed by atoms with E-state index in [-0.39, 0.29) is 5.41 Å². The minimum absolute atomic E-state index is 0.206. The molecule has 1 aromatic rings. The number of carboxylic acid groups (broad SMARTS) is 1. The van der Waals surface area contributed by atoms with Crippen LogP contribution in [-0.2, 0) is 14.9 Å². The molecule has 0 unspecified atom stereocenters. The van der Waals surface area contributed by atoms with Gasteiger partial charge in [-0.3, -0.25) is 4.79 Å². The molecule has 3 rings (SSSR count). The minimum atomic E-state index is -0.606. The van der Waals surface area contributed by atoms with E-state index < -0.39 is 11.4 Å². The molecule has 0 saturated heterocycles. The van der Waals surface area contributed by atoms with Crippen LogP contribution in [0.25, 0.3) is 0 Å². The van der Waals surface area contributed by atoms with Gasteiger partial charge < -0.3 is 14.4 Å². The smallest absolute Gasteiger partial charge is 0.309 e. The molecule has 2 saturated carbocycles. The third-order valence-electron chi connectivity index (χ3n) is 5.91. The summed E-state index contributed by atoms with van der Waals surface area (Å²) in [5, 5.41) is 13.5. The second-order valence-electron chi connectivity index (χ2n) is 7.45. The zero-order chi connectivity index (χ0) is 16.5. The average molecular weight is 322 g/mol. The Bertz CT molecular complexity index is 557. The molecule has 0 atom stereocenters. The Morgan fingerprint density at radius 3 is 2.48 bits per heavy atom. The van der Waals surface area contributed by atoms with Crippen LogP contribution in [0.2, 0.25) is 0 Å². The summed E-state index contributed by atoms with van der Waals surface area (Å²) in [6, 6.07) is 0. The molecule has 0 amide bonds. The number of aromatic nitrogens is 2.